The van der Waals surface area contributed by atoms with Crippen LogP contribution in [0.5, 0.6) is 0 Å². The average molecular weight is 435 g/mol. The number of carbonyl (C=O) groups is 2. The Morgan fingerprint density at radius 2 is 1.72 bits per heavy atom. The van der Waals surface area contributed by atoms with E-state index < -0.39 is 5.97 Å². The fourth-order valence-corrected chi connectivity index (χ4v) is 4.50. The molecular formula is C27H34N2O3. The SMILES string of the molecule is CCCCC(CCC)c1c(-c2ccccc2)n(CC(=O)N(C)C)c2cc(C(=O)O)ccc12. The van der Waals surface area contributed by atoms with E-state index in [1.807, 2.05) is 28.8 Å². The van der Waals surface area contributed by atoms with Crippen molar-refractivity contribution in [2.45, 2.75) is 58.4 Å². The standard InChI is InChI=1S/C27H34N2O3/c1-5-7-12-19(11-6-2)25-22-16-15-21(27(31)32)17-23(22)29(18-24(30)28(3)4)26(25)20-13-9-8-10-14-20/h8-10,13-17,19H,5-7,11-12,18H2,1-4H3,(H,31,32). The van der Waals surface area contributed by atoms with E-state index in [0.717, 1.165) is 54.3 Å². The van der Waals surface area contributed by atoms with Gasteiger partial charge in [-0.2, -0.15) is 0 Å². The molecule has 0 aliphatic heterocycles. The number of likely N-dealkylation sites (N-methyl/N-ethyl adjacent to an activating group) is 1. The zero-order valence-corrected chi connectivity index (χ0v) is 19.6. The van der Waals surface area contributed by atoms with Crippen LogP contribution in [0.15, 0.2) is 48.5 Å². The van der Waals surface area contributed by atoms with Crippen LogP contribution in [0.25, 0.3) is 22.2 Å². The van der Waals surface area contributed by atoms with Gasteiger partial charge < -0.3 is 14.6 Å². The van der Waals surface area contributed by atoms with Gasteiger partial charge in [-0.05, 0) is 42.0 Å². The van der Waals surface area contributed by atoms with Gasteiger partial charge in [0.05, 0.1) is 16.8 Å². The van der Waals surface area contributed by atoms with E-state index in [1.165, 1.54) is 5.56 Å². The molecule has 3 aromatic rings. The Morgan fingerprint density at radius 3 is 2.31 bits per heavy atom. The third-order valence-electron chi connectivity index (χ3n) is 6.14. The lowest BCUT2D eigenvalue weighted by Gasteiger charge is -2.20. The molecule has 0 spiro atoms. The minimum absolute atomic E-state index is 0.0213. The zero-order valence-electron chi connectivity index (χ0n) is 19.6. The van der Waals surface area contributed by atoms with Gasteiger partial charge in [-0.1, -0.05) is 69.5 Å². The minimum Gasteiger partial charge on any atom is -0.478 e. The lowest BCUT2D eigenvalue weighted by Crippen LogP contribution is -2.26. The molecule has 1 amide bonds. The number of unbranched alkanes of at least 4 members (excludes halogenated alkanes) is 1. The maximum absolute atomic E-state index is 12.8. The third-order valence-corrected chi connectivity index (χ3v) is 6.14. The normalized spacial score (nSPS) is 12.1. The van der Waals surface area contributed by atoms with E-state index in [2.05, 4.69) is 26.0 Å². The molecule has 1 unspecified atom stereocenters. The van der Waals surface area contributed by atoms with Crippen molar-refractivity contribution in [3.8, 4) is 11.3 Å². The fraction of sp³-hybridized carbons (Fsp3) is 0.407. The van der Waals surface area contributed by atoms with Crippen LogP contribution in [0.3, 0.4) is 0 Å². The Balaban J connectivity index is 2.38. The topological polar surface area (TPSA) is 62.5 Å². The van der Waals surface area contributed by atoms with Crippen LogP contribution in [0.2, 0.25) is 0 Å². The zero-order chi connectivity index (χ0) is 23.3. The molecule has 2 aromatic carbocycles. The number of nitrogens with zero attached hydrogens (tertiary/aromatic N) is 2. The maximum atomic E-state index is 12.8. The molecule has 0 radical (unpaired) electrons. The maximum Gasteiger partial charge on any atom is 0.335 e. The van der Waals surface area contributed by atoms with Crippen molar-refractivity contribution in [2.75, 3.05) is 14.1 Å². The highest BCUT2D eigenvalue weighted by Gasteiger charge is 2.26. The highest BCUT2D eigenvalue weighted by atomic mass is 16.4. The van der Waals surface area contributed by atoms with Crippen molar-refractivity contribution in [3.05, 3.63) is 59.7 Å². The number of carboxylic acids is 1. The molecule has 1 atom stereocenters. The largest absolute Gasteiger partial charge is 0.478 e. The summed E-state index contributed by atoms with van der Waals surface area (Å²) in [6.07, 6.45) is 5.46. The molecule has 5 nitrogen and oxygen atoms in total. The first-order valence-electron chi connectivity index (χ1n) is 11.5. The summed E-state index contributed by atoms with van der Waals surface area (Å²) >= 11 is 0. The van der Waals surface area contributed by atoms with Crippen LogP contribution in [-0.4, -0.2) is 40.5 Å². The van der Waals surface area contributed by atoms with Gasteiger partial charge >= 0.3 is 5.97 Å². The minimum atomic E-state index is -0.961. The van der Waals surface area contributed by atoms with Crippen molar-refractivity contribution >= 4 is 22.8 Å². The second-order valence-electron chi connectivity index (χ2n) is 8.67. The molecule has 0 aliphatic rings. The monoisotopic (exact) mass is 434 g/mol. The summed E-state index contributed by atoms with van der Waals surface area (Å²) in [7, 11) is 3.50. The third kappa shape index (κ3) is 4.87. The molecule has 0 saturated heterocycles. The number of hydrogen-bond donors (Lipinski definition) is 1. The number of amides is 1. The van der Waals surface area contributed by atoms with E-state index in [0.29, 0.717) is 5.92 Å². The van der Waals surface area contributed by atoms with E-state index in [-0.39, 0.29) is 18.0 Å². The molecule has 1 aromatic heterocycles. The van der Waals surface area contributed by atoms with Crippen molar-refractivity contribution in [2.24, 2.45) is 0 Å². The molecule has 0 aliphatic carbocycles. The Hall–Kier alpha value is -3.08. The van der Waals surface area contributed by atoms with E-state index in [4.69, 9.17) is 0 Å². The number of aromatic nitrogens is 1. The van der Waals surface area contributed by atoms with Crippen molar-refractivity contribution < 1.29 is 14.7 Å². The fourth-order valence-electron chi connectivity index (χ4n) is 4.50. The second kappa shape index (κ2) is 10.5. The molecule has 1 N–H and O–H groups in total. The van der Waals surface area contributed by atoms with Gasteiger partial charge in [-0.15, -0.1) is 0 Å². The van der Waals surface area contributed by atoms with Gasteiger partial charge in [-0.3, -0.25) is 4.79 Å². The first-order valence-corrected chi connectivity index (χ1v) is 11.5. The summed E-state index contributed by atoms with van der Waals surface area (Å²) in [5.41, 5.74) is 4.38. The Morgan fingerprint density at radius 1 is 1.00 bits per heavy atom. The molecule has 170 valence electrons. The predicted molar refractivity (Wildman–Crippen MR) is 130 cm³/mol. The predicted octanol–water partition coefficient (Wildman–Crippen LogP) is 6.17. The van der Waals surface area contributed by atoms with Crippen LogP contribution in [0.4, 0.5) is 0 Å². The van der Waals surface area contributed by atoms with E-state index >= 15 is 0 Å². The summed E-state index contributed by atoms with van der Waals surface area (Å²) in [5.74, 6) is -0.631. The highest BCUT2D eigenvalue weighted by molar-refractivity contribution is 5.99. The van der Waals surface area contributed by atoms with Crippen LogP contribution < -0.4 is 0 Å². The number of carbonyl (C=O) groups excluding carboxylic acids is 1. The summed E-state index contributed by atoms with van der Waals surface area (Å²) in [6.45, 7) is 4.58. The summed E-state index contributed by atoms with van der Waals surface area (Å²) in [6, 6.07) is 15.5. The number of rotatable bonds is 10. The van der Waals surface area contributed by atoms with E-state index in [1.54, 1.807) is 31.1 Å². The van der Waals surface area contributed by atoms with Crippen molar-refractivity contribution in [1.82, 2.24) is 9.47 Å². The molecule has 0 saturated carbocycles. The summed E-state index contributed by atoms with van der Waals surface area (Å²) in [5, 5.41) is 10.7. The lowest BCUT2D eigenvalue weighted by atomic mass is 9.86. The molecule has 0 bridgehead atoms. The second-order valence-corrected chi connectivity index (χ2v) is 8.67. The first kappa shape index (κ1) is 23.6. The van der Waals surface area contributed by atoms with E-state index in [9.17, 15) is 14.7 Å². The number of carboxylic acid groups (broad SMARTS) is 1. The number of fused-ring (bicyclic) bond motifs is 1. The van der Waals surface area contributed by atoms with Crippen LogP contribution in [-0.2, 0) is 11.3 Å². The Bertz CT molecular complexity index is 1080. The van der Waals surface area contributed by atoms with Gasteiger partial charge in [0, 0.05) is 19.5 Å². The molecule has 32 heavy (non-hydrogen) atoms. The Labute approximate surface area is 190 Å². The van der Waals surface area contributed by atoms with Gasteiger partial charge in [0.2, 0.25) is 5.91 Å². The number of aromatic carboxylic acids is 1. The lowest BCUT2D eigenvalue weighted by molar-refractivity contribution is -0.129. The first-order chi connectivity index (χ1) is 15.4. The molecule has 3 rings (SSSR count). The molecule has 0 fully saturated rings. The summed E-state index contributed by atoms with van der Waals surface area (Å²) in [4.78, 5) is 26.2. The molecule has 1 heterocycles. The highest BCUT2D eigenvalue weighted by Crippen LogP contribution is 2.42. The molecule has 5 heteroatoms. The van der Waals surface area contributed by atoms with Gasteiger partial charge in [0.1, 0.15) is 6.54 Å². The van der Waals surface area contributed by atoms with Crippen molar-refractivity contribution in [1.29, 1.82) is 0 Å². The Kier molecular flexibility index (Phi) is 7.73. The van der Waals surface area contributed by atoms with Crippen LogP contribution >= 0.6 is 0 Å². The summed E-state index contributed by atoms with van der Waals surface area (Å²) < 4.78 is 2.03. The quantitative estimate of drug-likeness (QED) is 0.415. The van der Waals surface area contributed by atoms with Gasteiger partial charge in [-0.25, -0.2) is 4.79 Å². The van der Waals surface area contributed by atoms with Crippen LogP contribution in [0.1, 0.15) is 67.8 Å². The van der Waals surface area contributed by atoms with Crippen molar-refractivity contribution in [3.63, 3.8) is 0 Å². The number of hydrogen-bond acceptors (Lipinski definition) is 2. The number of benzene rings is 2. The molecular weight excluding hydrogens is 400 g/mol. The van der Waals surface area contributed by atoms with Crippen LogP contribution in [0, 0.1) is 0 Å². The van der Waals surface area contributed by atoms with Gasteiger partial charge in [0.25, 0.3) is 0 Å². The smallest absolute Gasteiger partial charge is 0.335 e. The van der Waals surface area contributed by atoms with Gasteiger partial charge in [0.15, 0.2) is 0 Å². The average Bonchev–Trinajstić information content (AvgIpc) is 3.10.